The number of rotatable bonds is 3. The Morgan fingerprint density at radius 3 is 2.18 bits per heavy atom. The van der Waals surface area contributed by atoms with Crippen LogP contribution >= 0.6 is 0 Å². The Balaban J connectivity index is 2.36. The zero-order chi connectivity index (χ0) is 12.9. The summed E-state index contributed by atoms with van der Waals surface area (Å²) in [5.74, 6) is 0.253. The Morgan fingerprint density at radius 1 is 1.18 bits per heavy atom. The van der Waals surface area contributed by atoms with E-state index in [0.717, 1.165) is 32.4 Å². The minimum atomic E-state index is 0.00533. The molecule has 1 saturated heterocycles. The largest absolute Gasteiger partial charge is 0.343 e. The van der Waals surface area contributed by atoms with E-state index in [1.165, 1.54) is 12.8 Å². The third-order valence-electron chi connectivity index (χ3n) is 3.27. The van der Waals surface area contributed by atoms with E-state index >= 15 is 0 Å². The molecule has 17 heavy (non-hydrogen) atoms. The summed E-state index contributed by atoms with van der Waals surface area (Å²) in [6, 6.07) is 0.00533. The smallest absolute Gasteiger partial charge is 0.224 e. The number of carbonyl (C=O) groups excluding carboxylic acids is 1. The highest BCUT2D eigenvalue weighted by Crippen LogP contribution is 2.21. The molecule has 0 saturated carbocycles. The van der Waals surface area contributed by atoms with Crippen molar-refractivity contribution < 1.29 is 4.79 Å². The van der Waals surface area contributed by atoms with E-state index in [4.69, 9.17) is 5.73 Å². The van der Waals surface area contributed by atoms with Gasteiger partial charge in [-0.2, -0.15) is 0 Å². The fourth-order valence-corrected chi connectivity index (χ4v) is 2.53. The Hall–Kier alpha value is -0.570. The van der Waals surface area contributed by atoms with Crippen molar-refractivity contribution in [1.82, 2.24) is 4.90 Å². The van der Waals surface area contributed by atoms with Crippen LogP contribution in [0.15, 0.2) is 0 Å². The zero-order valence-electron chi connectivity index (χ0n) is 11.7. The predicted octanol–water partition coefficient (Wildman–Crippen LogP) is 2.54. The van der Waals surface area contributed by atoms with Crippen molar-refractivity contribution in [3.8, 4) is 0 Å². The van der Waals surface area contributed by atoms with Crippen LogP contribution in [0, 0.1) is 5.41 Å². The first-order valence-electron chi connectivity index (χ1n) is 6.92. The summed E-state index contributed by atoms with van der Waals surface area (Å²) in [4.78, 5) is 14.1. The molecule has 2 N–H and O–H groups in total. The second-order valence-corrected chi connectivity index (χ2v) is 6.52. The molecule has 0 spiro atoms. The van der Waals surface area contributed by atoms with Crippen LogP contribution in [0.2, 0.25) is 0 Å². The number of hydrogen-bond donors (Lipinski definition) is 1. The molecule has 1 fully saturated rings. The lowest BCUT2D eigenvalue weighted by atomic mass is 9.87. The van der Waals surface area contributed by atoms with Gasteiger partial charge in [0, 0.05) is 25.6 Å². The SMILES string of the molecule is CC(C)(C)CC(N)CC(=O)N1CCCCCC1. The fourth-order valence-electron chi connectivity index (χ4n) is 2.53. The summed E-state index contributed by atoms with van der Waals surface area (Å²) < 4.78 is 0. The van der Waals surface area contributed by atoms with E-state index in [-0.39, 0.29) is 17.4 Å². The number of likely N-dealkylation sites (tertiary alicyclic amines) is 1. The van der Waals surface area contributed by atoms with Crippen LogP contribution in [0.25, 0.3) is 0 Å². The van der Waals surface area contributed by atoms with Gasteiger partial charge in [-0.15, -0.1) is 0 Å². The average molecular weight is 240 g/mol. The summed E-state index contributed by atoms with van der Waals surface area (Å²) in [7, 11) is 0. The zero-order valence-corrected chi connectivity index (χ0v) is 11.7. The Bertz CT molecular complexity index is 237. The lowest BCUT2D eigenvalue weighted by molar-refractivity contribution is -0.131. The molecule has 0 aromatic carbocycles. The van der Waals surface area contributed by atoms with Crippen LogP contribution in [-0.4, -0.2) is 29.9 Å². The van der Waals surface area contributed by atoms with Gasteiger partial charge in [0.2, 0.25) is 5.91 Å². The molecule has 1 heterocycles. The predicted molar refractivity (Wildman–Crippen MR) is 71.7 cm³/mol. The highest BCUT2D eigenvalue weighted by molar-refractivity contribution is 5.76. The summed E-state index contributed by atoms with van der Waals surface area (Å²) in [5, 5.41) is 0. The maximum Gasteiger partial charge on any atom is 0.224 e. The van der Waals surface area contributed by atoms with E-state index in [2.05, 4.69) is 20.8 Å². The summed E-state index contributed by atoms with van der Waals surface area (Å²) in [6.07, 6.45) is 6.25. The summed E-state index contributed by atoms with van der Waals surface area (Å²) in [6.45, 7) is 8.37. The molecular weight excluding hydrogens is 212 g/mol. The second-order valence-electron chi connectivity index (χ2n) is 6.52. The molecule has 0 aliphatic carbocycles. The highest BCUT2D eigenvalue weighted by Gasteiger charge is 2.21. The highest BCUT2D eigenvalue weighted by atomic mass is 16.2. The molecule has 1 unspecified atom stereocenters. The molecule has 0 radical (unpaired) electrons. The van der Waals surface area contributed by atoms with Gasteiger partial charge in [0.1, 0.15) is 0 Å². The lowest BCUT2D eigenvalue weighted by Gasteiger charge is -2.26. The molecule has 0 aromatic rings. The van der Waals surface area contributed by atoms with E-state index < -0.39 is 0 Å². The van der Waals surface area contributed by atoms with Gasteiger partial charge in [-0.05, 0) is 24.7 Å². The molecule has 1 aliphatic rings. The summed E-state index contributed by atoms with van der Waals surface area (Å²) in [5.41, 5.74) is 6.27. The van der Waals surface area contributed by atoms with Gasteiger partial charge in [0.25, 0.3) is 0 Å². The molecule has 100 valence electrons. The Morgan fingerprint density at radius 2 is 1.71 bits per heavy atom. The molecule has 1 amide bonds. The van der Waals surface area contributed by atoms with Gasteiger partial charge in [0.15, 0.2) is 0 Å². The van der Waals surface area contributed by atoms with Crippen molar-refractivity contribution in [2.24, 2.45) is 11.1 Å². The van der Waals surface area contributed by atoms with Crippen molar-refractivity contribution in [1.29, 1.82) is 0 Å². The van der Waals surface area contributed by atoms with Gasteiger partial charge >= 0.3 is 0 Å². The standard InChI is InChI=1S/C14H28N2O/c1-14(2,3)11-12(15)10-13(17)16-8-6-4-5-7-9-16/h12H,4-11,15H2,1-3H3. The van der Waals surface area contributed by atoms with Crippen LogP contribution < -0.4 is 5.73 Å². The number of nitrogens with zero attached hydrogens (tertiary/aromatic N) is 1. The molecular formula is C14H28N2O. The van der Waals surface area contributed by atoms with Crippen LogP contribution in [0.4, 0.5) is 0 Å². The minimum Gasteiger partial charge on any atom is -0.343 e. The third-order valence-corrected chi connectivity index (χ3v) is 3.27. The van der Waals surface area contributed by atoms with Crippen molar-refractivity contribution >= 4 is 5.91 Å². The van der Waals surface area contributed by atoms with Gasteiger partial charge < -0.3 is 10.6 Å². The van der Waals surface area contributed by atoms with Gasteiger partial charge in [0.05, 0.1) is 0 Å². The number of nitrogens with two attached hydrogens (primary N) is 1. The third kappa shape index (κ3) is 6.06. The van der Waals surface area contributed by atoms with Gasteiger partial charge in [-0.25, -0.2) is 0 Å². The summed E-state index contributed by atoms with van der Waals surface area (Å²) >= 11 is 0. The maximum absolute atomic E-state index is 12.1. The molecule has 1 atom stereocenters. The molecule has 3 heteroatoms. The fraction of sp³-hybridized carbons (Fsp3) is 0.929. The Labute approximate surface area is 106 Å². The average Bonchev–Trinajstić information content (AvgIpc) is 2.41. The first-order valence-corrected chi connectivity index (χ1v) is 6.92. The normalized spacial score (nSPS) is 19.9. The van der Waals surface area contributed by atoms with Crippen molar-refractivity contribution in [2.45, 2.75) is 65.3 Å². The molecule has 3 nitrogen and oxygen atoms in total. The monoisotopic (exact) mass is 240 g/mol. The minimum absolute atomic E-state index is 0.00533. The van der Waals surface area contributed by atoms with Crippen LogP contribution in [0.1, 0.15) is 59.3 Å². The molecule has 0 bridgehead atoms. The van der Waals surface area contributed by atoms with E-state index in [1.54, 1.807) is 0 Å². The first-order chi connectivity index (χ1) is 7.88. The topological polar surface area (TPSA) is 46.3 Å². The van der Waals surface area contributed by atoms with Crippen molar-refractivity contribution in [3.05, 3.63) is 0 Å². The first kappa shape index (κ1) is 14.5. The maximum atomic E-state index is 12.1. The Kier molecular flexibility index (Phi) is 5.44. The molecule has 1 rings (SSSR count). The molecule has 1 aliphatic heterocycles. The quantitative estimate of drug-likeness (QED) is 0.824. The van der Waals surface area contributed by atoms with Gasteiger partial charge in [-0.1, -0.05) is 33.6 Å². The van der Waals surface area contributed by atoms with Crippen LogP contribution in [0.5, 0.6) is 0 Å². The van der Waals surface area contributed by atoms with Crippen molar-refractivity contribution in [2.75, 3.05) is 13.1 Å². The van der Waals surface area contributed by atoms with Gasteiger partial charge in [-0.3, -0.25) is 4.79 Å². The van der Waals surface area contributed by atoms with E-state index in [0.29, 0.717) is 6.42 Å². The van der Waals surface area contributed by atoms with Crippen LogP contribution in [-0.2, 0) is 4.79 Å². The second kappa shape index (κ2) is 6.39. The van der Waals surface area contributed by atoms with Crippen molar-refractivity contribution in [3.63, 3.8) is 0 Å². The van der Waals surface area contributed by atoms with Crippen LogP contribution in [0.3, 0.4) is 0 Å². The molecule has 0 aromatic heterocycles. The lowest BCUT2D eigenvalue weighted by Crippen LogP contribution is -2.37. The number of hydrogen-bond acceptors (Lipinski definition) is 2. The van der Waals surface area contributed by atoms with E-state index in [1.807, 2.05) is 4.90 Å². The van der Waals surface area contributed by atoms with E-state index in [9.17, 15) is 4.79 Å². The number of carbonyl (C=O) groups is 1. The number of amides is 1.